The van der Waals surface area contributed by atoms with Gasteiger partial charge in [-0.2, -0.15) is 0 Å². The first-order valence-corrected chi connectivity index (χ1v) is 6.94. The minimum absolute atomic E-state index is 0.0135. The average Bonchev–Trinajstić information content (AvgIpc) is 2.75. The van der Waals surface area contributed by atoms with Crippen molar-refractivity contribution in [2.75, 3.05) is 6.61 Å². The van der Waals surface area contributed by atoms with E-state index in [2.05, 4.69) is 19.2 Å². The average molecular weight is 254 g/mol. The van der Waals surface area contributed by atoms with Crippen LogP contribution in [0.3, 0.4) is 0 Å². The number of amides is 1. The van der Waals surface area contributed by atoms with Gasteiger partial charge in [-0.05, 0) is 19.3 Å². The van der Waals surface area contributed by atoms with E-state index in [4.69, 9.17) is 10.5 Å². The summed E-state index contributed by atoms with van der Waals surface area (Å²) in [6.07, 6.45) is 1.04. The second-order valence-corrected chi connectivity index (χ2v) is 6.78. The first-order chi connectivity index (χ1) is 8.23. The van der Waals surface area contributed by atoms with Crippen LogP contribution in [0, 0.1) is 17.3 Å². The maximum Gasteiger partial charge on any atom is 0.241 e. The van der Waals surface area contributed by atoms with Gasteiger partial charge in [-0.3, -0.25) is 4.79 Å². The number of rotatable bonds is 3. The molecule has 0 aromatic heterocycles. The van der Waals surface area contributed by atoms with Crippen molar-refractivity contribution < 1.29 is 9.53 Å². The molecule has 1 saturated heterocycles. The summed E-state index contributed by atoms with van der Waals surface area (Å²) in [6, 6.07) is 0.148. The van der Waals surface area contributed by atoms with Gasteiger partial charge >= 0.3 is 0 Å². The summed E-state index contributed by atoms with van der Waals surface area (Å²) in [5.41, 5.74) is 5.40. The van der Waals surface area contributed by atoms with Crippen molar-refractivity contribution in [3.63, 3.8) is 0 Å². The van der Waals surface area contributed by atoms with Crippen LogP contribution in [-0.2, 0) is 9.53 Å². The second-order valence-electron chi connectivity index (χ2n) is 6.78. The normalized spacial score (nSPS) is 39.1. The number of ether oxygens (including phenoxy) is 1. The van der Waals surface area contributed by atoms with Gasteiger partial charge in [-0.1, -0.05) is 27.7 Å². The van der Waals surface area contributed by atoms with Gasteiger partial charge in [0.1, 0.15) is 5.54 Å². The molecule has 4 heteroatoms. The number of nitrogens with one attached hydrogen (secondary N) is 1. The Morgan fingerprint density at radius 2 is 2.00 bits per heavy atom. The van der Waals surface area contributed by atoms with E-state index in [9.17, 15) is 4.79 Å². The Labute approximate surface area is 110 Å². The van der Waals surface area contributed by atoms with E-state index in [1.165, 1.54) is 0 Å². The number of hydrogen-bond donors (Lipinski definition) is 2. The van der Waals surface area contributed by atoms with Crippen molar-refractivity contribution in [3.05, 3.63) is 0 Å². The van der Waals surface area contributed by atoms with E-state index < -0.39 is 5.54 Å². The lowest BCUT2D eigenvalue weighted by Gasteiger charge is -2.60. The molecule has 0 radical (unpaired) electrons. The van der Waals surface area contributed by atoms with E-state index in [-0.39, 0.29) is 29.4 Å². The van der Waals surface area contributed by atoms with Gasteiger partial charge < -0.3 is 15.8 Å². The van der Waals surface area contributed by atoms with Crippen LogP contribution in [-0.4, -0.2) is 30.2 Å². The van der Waals surface area contributed by atoms with E-state index in [1.807, 2.05) is 20.8 Å². The number of carbonyl (C=O) groups excluding carboxylic acids is 1. The highest BCUT2D eigenvalue weighted by Crippen LogP contribution is 2.58. The Hall–Kier alpha value is -0.610. The number of hydrogen-bond acceptors (Lipinski definition) is 3. The molecule has 0 aromatic carbocycles. The molecule has 4 unspecified atom stereocenters. The zero-order chi connectivity index (χ0) is 13.7. The molecular formula is C14H26N2O2. The van der Waals surface area contributed by atoms with Gasteiger partial charge in [0.15, 0.2) is 0 Å². The summed E-state index contributed by atoms with van der Waals surface area (Å²) in [6.45, 7) is 11.0. The molecule has 1 aliphatic carbocycles. The van der Waals surface area contributed by atoms with Crippen LogP contribution in [0.15, 0.2) is 0 Å². The smallest absolute Gasteiger partial charge is 0.241 e. The molecule has 1 aliphatic heterocycles. The van der Waals surface area contributed by atoms with Crippen LogP contribution < -0.4 is 11.1 Å². The zero-order valence-electron chi connectivity index (χ0n) is 12.1. The molecule has 104 valence electrons. The minimum Gasteiger partial charge on any atom is -0.377 e. The Bertz CT molecular complexity index is 354. The van der Waals surface area contributed by atoms with Gasteiger partial charge in [0.2, 0.25) is 5.91 Å². The first kappa shape index (κ1) is 13.8. The lowest BCUT2D eigenvalue weighted by Crippen LogP contribution is -2.80. The summed E-state index contributed by atoms with van der Waals surface area (Å²) in [4.78, 5) is 12.5. The topological polar surface area (TPSA) is 64.4 Å². The van der Waals surface area contributed by atoms with Crippen LogP contribution in [0.5, 0.6) is 0 Å². The number of nitrogens with two attached hydrogens (primary N) is 1. The van der Waals surface area contributed by atoms with Crippen molar-refractivity contribution in [1.29, 1.82) is 0 Å². The molecule has 2 fully saturated rings. The fourth-order valence-electron chi connectivity index (χ4n) is 3.34. The highest BCUT2D eigenvalue weighted by atomic mass is 16.5. The van der Waals surface area contributed by atoms with Crippen molar-refractivity contribution in [2.45, 2.75) is 58.7 Å². The van der Waals surface area contributed by atoms with Crippen molar-refractivity contribution in [3.8, 4) is 0 Å². The molecule has 0 aromatic rings. The van der Waals surface area contributed by atoms with E-state index in [1.54, 1.807) is 0 Å². The highest BCUT2D eigenvalue weighted by molar-refractivity contribution is 5.89. The minimum atomic E-state index is -0.780. The summed E-state index contributed by atoms with van der Waals surface area (Å²) >= 11 is 0. The van der Waals surface area contributed by atoms with Crippen LogP contribution in [0.2, 0.25) is 0 Å². The first-order valence-electron chi connectivity index (χ1n) is 6.94. The van der Waals surface area contributed by atoms with E-state index in [0.29, 0.717) is 5.92 Å². The lowest BCUT2D eigenvalue weighted by atomic mass is 9.48. The van der Waals surface area contributed by atoms with Crippen LogP contribution in [0.4, 0.5) is 0 Å². The monoisotopic (exact) mass is 254 g/mol. The predicted octanol–water partition coefficient (Wildman–Crippen LogP) is 1.29. The molecule has 4 nitrogen and oxygen atoms in total. The molecule has 4 atom stereocenters. The van der Waals surface area contributed by atoms with Crippen molar-refractivity contribution >= 4 is 5.91 Å². The van der Waals surface area contributed by atoms with Gasteiger partial charge in [-0.15, -0.1) is 0 Å². The predicted molar refractivity (Wildman–Crippen MR) is 71.0 cm³/mol. The third-order valence-corrected chi connectivity index (χ3v) is 5.19. The molecule has 2 aliphatic rings. The third kappa shape index (κ3) is 1.62. The second kappa shape index (κ2) is 4.20. The maximum atomic E-state index is 12.5. The molecule has 1 amide bonds. The quantitative estimate of drug-likeness (QED) is 0.797. The SMILES string of the molecule is CC(C)C(C)NC(=O)C1(N)C2CCOC2C1(C)C. The van der Waals surface area contributed by atoms with Crippen LogP contribution in [0.25, 0.3) is 0 Å². The maximum absolute atomic E-state index is 12.5. The Morgan fingerprint density at radius 1 is 1.39 bits per heavy atom. The van der Waals surface area contributed by atoms with Gasteiger partial charge in [0.25, 0.3) is 0 Å². The summed E-state index contributed by atoms with van der Waals surface area (Å²) < 4.78 is 5.71. The Balaban J connectivity index is 2.14. The highest BCUT2D eigenvalue weighted by Gasteiger charge is 2.71. The molecule has 1 heterocycles. The summed E-state index contributed by atoms with van der Waals surface area (Å²) in [7, 11) is 0. The van der Waals surface area contributed by atoms with E-state index in [0.717, 1.165) is 13.0 Å². The fraction of sp³-hybridized carbons (Fsp3) is 0.929. The molecular weight excluding hydrogens is 228 g/mol. The summed E-state index contributed by atoms with van der Waals surface area (Å²) in [5, 5.41) is 3.07. The van der Waals surface area contributed by atoms with Crippen LogP contribution >= 0.6 is 0 Å². The number of carbonyl (C=O) groups is 1. The fourth-order valence-corrected chi connectivity index (χ4v) is 3.34. The molecule has 3 N–H and O–H groups in total. The Kier molecular flexibility index (Phi) is 3.23. The van der Waals surface area contributed by atoms with Crippen LogP contribution in [0.1, 0.15) is 41.0 Å². The third-order valence-electron chi connectivity index (χ3n) is 5.19. The largest absolute Gasteiger partial charge is 0.377 e. The van der Waals surface area contributed by atoms with Gasteiger partial charge in [0.05, 0.1) is 6.10 Å². The number of fused-ring (bicyclic) bond motifs is 1. The Morgan fingerprint density at radius 3 is 2.56 bits per heavy atom. The molecule has 0 spiro atoms. The van der Waals surface area contributed by atoms with Crippen molar-refractivity contribution in [1.82, 2.24) is 5.32 Å². The lowest BCUT2D eigenvalue weighted by molar-refractivity contribution is -0.176. The molecule has 1 saturated carbocycles. The summed E-state index contributed by atoms with van der Waals surface area (Å²) in [5.74, 6) is 0.573. The molecule has 2 rings (SSSR count). The zero-order valence-corrected chi connectivity index (χ0v) is 12.1. The molecule has 18 heavy (non-hydrogen) atoms. The standard InChI is InChI=1S/C14H26N2O2/c1-8(2)9(3)16-12(17)14(15)10-6-7-18-11(10)13(14,4)5/h8-11H,6-7,15H2,1-5H3,(H,16,17). The van der Waals surface area contributed by atoms with Gasteiger partial charge in [0, 0.05) is 24.0 Å². The van der Waals surface area contributed by atoms with Gasteiger partial charge in [-0.25, -0.2) is 0 Å². The van der Waals surface area contributed by atoms with Crippen molar-refractivity contribution in [2.24, 2.45) is 23.0 Å². The molecule has 0 bridgehead atoms. The van der Waals surface area contributed by atoms with E-state index >= 15 is 0 Å².